The van der Waals surface area contributed by atoms with Crippen LogP contribution in [0.25, 0.3) is 0 Å². The molecule has 1 heterocycles. The minimum absolute atomic E-state index is 0.351. The molecule has 4 heteroatoms. The second-order valence-corrected chi connectivity index (χ2v) is 5.63. The topological polar surface area (TPSA) is 20.3 Å². The number of nitrogens with zero attached hydrogens (tertiary/aromatic N) is 1. The molecule has 0 bridgehead atoms. The highest BCUT2D eigenvalue weighted by Crippen LogP contribution is 2.34. The molecule has 0 saturated heterocycles. The van der Waals surface area contributed by atoms with E-state index in [0.717, 1.165) is 25.1 Å². The smallest absolute Gasteiger partial charge is 0.150 e. The van der Waals surface area contributed by atoms with Crippen LogP contribution in [-0.4, -0.2) is 12.3 Å². The lowest BCUT2D eigenvalue weighted by molar-refractivity contribution is 0.112. The lowest BCUT2D eigenvalue weighted by Crippen LogP contribution is -2.25. The van der Waals surface area contributed by atoms with Crippen LogP contribution in [0.2, 0.25) is 0 Å². The summed E-state index contributed by atoms with van der Waals surface area (Å²) in [4.78, 5) is 13.0. The van der Waals surface area contributed by atoms with E-state index in [1.807, 2.05) is 5.38 Å². The number of thiophene rings is 1. The molecule has 0 radical (unpaired) electrons. The molecule has 0 unspecified atom stereocenters. The first kappa shape index (κ1) is 12.4. The maximum atomic E-state index is 13.6. The van der Waals surface area contributed by atoms with E-state index in [1.54, 1.807) is 17.4 Å². The molecule has 0 amide bonds. The van der Waals surface area contributed by atoms with Crippen molar-refractivity contribution in [2.75, 3.05) is 4.90 Å². The van der Waals surface area contributed by atoms with Crippen molar-refractivity contribution in [3.63, 3.8) is 0 Å². The highest BCUT2D eigenvalue weighted by molar-refractivity contribution is 7.07. The fourth-order valence-electron chi connectivity index (χ4n) is 2.23. The highest BCUT2D eigenvalue weighted by Gasteiger charge is 2.29. The molecule has 0 N–H and O–H groups in total. The number of aldehydes is 1. The van der Waals surface area contributed by atoms with E-state index in [2.05, 4.69) is 16.3 Å². The SMILES string of the molecule is O=Cc1cc(F)cc(N(Cc2ccsc2)C2CC2)c1. The van der Waals surface area contributed by atoms with Gasteiger partial charge < -0.3 is 4.90 Å². The van der Waals surface area contributed by atoms with Crippen molar-refractivity contribution in [2.45, 2.75) is 25.4 Å². The highest BCUT2D eigenvalue weighted by atomic mass is 32.1. The van der Waals surface area contributed by atoms with E-state index in [9.17, 15) is 9.18 Å². The average Bonchev–Trinajstić information content (AvgIpc) is 3.12. The summed E-state index contributed by atoms with van der Waals surface area (Å²) in [5.41, 5.74) is 2.43. The number of rotatable bonds is 5. The third-order valence-electron chi connectivity index (χ3n) is 3.29. The Morgan fingerprint density at radius 3 is 2.84 bits per heavy atom. The van der Waals surface area contributed by atoms with E-state index in [0.29, 0.717) is 17.9 Å². The van der Waals surface area contributed by atoms with Crippen molar-refractivity contribution >= 4 is 23.3 Å². The quantitative estimate of drug-likeness (QED) is 0.772. The van der Waals surface area contributed by atoms with Crippen LogP contribution < -0.4 is 4.90 Å². The zero-order chi connectivity index (χ0) is 13.2. The summed E-state index contributed by atoms with van der Waals surface area (Å²) >= 11 is 1.66. The molecule has 19 heavy (non-hydrogen) atoms. The summed E-state index contributed by atoms with van der Waals surface area (Å²) in [5, 5.41) is 4.15. The minimum Gasteiger partial charge on any atom is -0.364 e. The first-order valence-electron chi connectivity index (χ1n) is 6.30. The number of hydrogen-bond donors (Lipinski definition) is 0. The number of hydrogen-bond acceptors (Lipinski definition) is 3. The summed E-state index contributed by atoms with van der Waals surface area (Å²) in [5.74, 6) is -0.351. The van der Waals surface area contributed by atoms with Crippen molar-refractivity contribution in [2.24, 2.45) is 0 Å². The Kier molecular flexibility index (Phi) is 3.34. The third kappa shape index (κ3) is 2.84. The van der Waals surface area contributed by atoms with Gasteiger partial charge in [0.25, 0.3) is 0 Å². The molecule has 2 aromatic rings. The normalized spacial score (nSPS) is 14.4. The van der Waals surface area contributed by atoms with E-state index >= 15 is 0 Å². The van der Waals surface area contributed by atoms with Gasteiger partial charge in [-0.15, -0.1) is 0 Å². The van der Waals surface area contributed by atoms with E-state index < -0.39 is 0 Å². The first-order valence-corrected chi connectivity index (χ1v) is 7.24. The van der Waals surface area contributed by atoms with Crippen LogP contribution in [0.4, 0.5) is 10.1 Å². The maximum absolute atomic E-state index is 13.6. The molecule has 3 rings (SSSR count). The van der Waals surface area contributed by atoms with Crippen LogP contribution in [0.1, 0.15) is 28.8 Å². The van der Waals surface area contributed by atoms with Crippen molar-refractivity contribution in [3.8, 4) is 0 Å². The van der Waals surface area contributed by atoms with Gasteiger partial charge in [0, 0.05) is 23.8 Å². The summed E-state index contributed by atoms with van der Waals surface area (Å²) in [7, 11) is 0. The molecule has 1 aromatic carbocycles. The van der Waals surface area contributed by atoms with E-state index in [4.69, 9.17) is 0 Å². The molecular weight excluding hydrogens is 261 g/mol. The molecule has 2 nitrogen and oxygen atoms in total. The third-order valence-corrected chi connectivity index (χ3v) is 4.03. The lowest BCUT2D eigenvalue weighted by atomic mass is 10.1. The standard InChI is InChI=1S/C15H14FNOS/c16-13-5-12(9-18)6-15(7-13)17(14-1-2-14)8-11-3-4-19-10-11/h3-7,9-10,14H,1-2,8H2. The van der Waals surface area contributed by atoms with Crippen molar-refractivity contribution in [1.29, 1.82) is 0 Å². The molecule has 1 saturated carbocycles. The van der Waals surface area contributed by atoms with Gasteiger partial charge in [-0.1, -0.05) is 0 Å². The molecule has 1 fully saturated rings. The van der Waals surface area contributed by atoms with Gasteiger partial charge in [-0.05, 0) is 53.4 Å². The van der Waals surface area contributed by atoms with E-state index in [-0.39, 0.29) is 5.82 Å². The van der Waals surface area contributed by atoms with Gasteiger partial charge >= 0.3 is 0 Å². The van der Waals surface area contributed by atoms with Crippen LogP contribution in [0, 0.1) is 5.82 Å². The first-order chi connectivity index (χ1) is 9.26. The summed E-state index contributed by atoms with van der Waals surface area (Å²) in [6.07, 6.45) is 2.97. The number of carbonyl (C=O) groups excluding carboxylic acids is 1. The van der Waals surface area contributed by atoms with Crippen LogP contribution in [-0.2, 0) is 6.54 Å². The molecule has 0 aliphatic heterocycles. The number of carbonyl (C=O) groups is 1. The lowest BCUT2D eigenvalue weighted by Gasteiger charge is -2.24. The van der Waals surface area contributed by atoms with Gasteiger partial charge in [0.05, 0.1) is 0 Å². The zero-order valence-electron chi connectivity index (χ0n) is 10.4. The molecule has 0 spiro atoms. The molecule has 1 aromatic heterocycles. The van der Waals surface area contributed by atoms with Gasteiger partial charge in [0.2, 0.25) is 0 Å². The summed E-state index contributed by atoms with van der Waals surface area (Å²) in [6.45, 7) is 0.774. The second-order valence-electron chi connectivity index (χ2n) is 4.85. The summed E-state index contributed by atoms with van der Waals surface area (Å²) < 4.78 is 13.6. The second kappa shape index (κ2) is 5.13. The van der Waals surface area contributed by atoms with Gasteiger partial charge in [-0.3, -0.25) is 4.79 Å². The number of halogens is 1. The maximum Gasteiger partial charge on any atom is 0.150 e. The largest absolute Gasteiger partial charge is 0.364 e. The van der Waals surface area contributed by atoms with Crippen molar-refractivity contribution in [1.82, 2.24) is 0 Å². The van der Waals surface area contributed by atoms with Crippen LogP contribution >= 0.6 is 11.3 Å². The van der Waals surface area contributed by atoms with E-state index in [1.165, 1.54) is 17.7 Å². The van der Waals surface area contributed by atoms with Crippen LogP contribution in [0.5, 0.6) is 0 Å². The van der Waals surface area contributed by atoms with Crippen molar-refractivity contribution in [3.05, 3.63) is 52.0 Å². The molecule has 0 atom stereocenters. The zero-order valence-corrected chi connectivity index (χ0v) is 11.2. The predicted octanol–water partition coefficient (Wildman–Crippen LogP) is 3.87. The van der Waals surface area contributed by atoms with Gasteiger partial charge in [0.15, 0.2) is 0 Å². The Morgan fingerprint density at radius 1 is 1.37 bits per heavy atom. The fraction of sp³-hybridized carbons (Fsp3) is 0.267. The Balaban J connectivity index is 1.91. The predicted molar refractivity (Wildman–Crippen MR) is 75.3 cm³/mol. The van der Waals surface area contributed by atoms with Gasteiger partial charge in [-0.2, -0.15) is 11.3 Å². The number of anilines is 1. The molecule has 98 valence electrons. The Bertz CT molecular complexity index is 578. The molecular formula is C15H14FNOS. The van der Waals surface area contributed by atoms with Crippen LogP contribution in [0.15, 0.2) is 35.0 Å². The average molecular weight is 275 g/mol. The monoisotopic (exact) mass is 275 g/mol. The minimum atomic E-state index is -0.351. The molecule has 1 aliphatic carbocycles. The Labute approximate surface area is 115 Å². The number of benzene rings is 1. The van der Waals surface area contributed by atoms with Crippen LogP contribution in [0.3, 0.4) is 0 Å². The summed E-state index contributed by atoms with van der Waals surface area (Å²) in [6, 6.07) is 7.10. The molecule has 1 aliphatic rings. The van der Waals surface area contributed by atoms with Crippen molar-refractivity contribution < 1.29 is 9.18 Å². The Hall–Kier alpha value is -1.68. The Morgan fingerprint density at radius 2 is 2.21 bits per heavy atom. The van der Waals surface area contributed by atoms with Gasteiger partial charge in [-0.25, -0.2) is 4.39 Å². The van der Waals surface area contributed by atoms with Gasteiger partial charge in [0.1, 0.15) is 12.1 Å². The fourth-order valence-corrected chi connectivity index (χ4v) is 2.89.